The zero-order chi connectivity index (χ0) is 22.6. The molecule has 0 amide bonds. The molecule has 162 valence electrons. The molecule has 0 aliphatic heterocycles. The fourth-order valence-corrected chi connectivity index (χ4v) is 4.56. The van der Waals surface area contributed by atoms with Gasteiger partial charge in [-0.2, -0.15) is 0 Å². The topological polar surface area (TPSA) is 40.5 Å². The van der Waals surface area contributed by atoms with Gasteiger partial charge in [-0.15, -0.1) is 0 Å². The second kappa shape index (κ2) is 9.12. The molecule has 0 saturated heterocycles. The van der Waals surface area contributed by atoms with Crippen LogP contribution in [0.4, 0.5) is 0 Å². The van der Waals surface area contributed by atoms with Crippen LogP contribution in [0.15, 0.2) is 109 Å². The number of rotatable bonds is 7. The summed E-state index contributed by atoms with van der Waals surface area (Å²) in [6, 6.07) is 34.8. The zero-order valence-corrected chi connectivity index (χ0v) is 18.7. The molecule has 2 unspecified atom stereocenters. The Labute approximate surface area is 190 Å². The molecular weight excluding hydrogens is 392 g/mol. The Morgan fingerprint density at radius 2 is 0.812 bits per heavy atom. The lowest BCUT2D eigenvalue weighted by molar-refractivity contribution is -0.113. The lowest BCUT2D eigenvalue weighted by atomic mass is 9.66. The fraction of sp³-hybridized carbons (Fsp3) is 0.200. The summed E-state index contributed by atoms with van der Waals surface area (Å²) < 4.78 is 0. The lowest BCUT2D eigenvalue weighted by Gasteiger charge is -2.45. The smallest absolute Gasteiger partial charge is 0.152 e. The maximum absolute atomic E-state index is 12.7. The van der Waals surface area contributed by atoms with Gasteiger partial charge in [0.1, 0.15) is 0 Å². The highest BCUT2D eigenvalue weighted by Crippen LogP contribution is 2.49. The van der Waals surface area contributed by atoms with Gasteiger partial charge in [0.15, 0.2) is 11.2 Å². The summed E-state index contributed by atoms with van der Waals surface area (Å²) in [5.41, 5.74) is 1.39. The Hall–Kier alpha value is -3.20. The summed E-state index contributed by atoms with van der Waals surface area (Å²) in [6.07, 6.45) is 1.68. The summed E-state index contributed by atoms with van der Waals surface area (Å²) in [5, 5.41) is 25.4. The molecule has 0 aliphatic rings. The van der Waals surface area contributed by atoms with Crippen molar-refractivity contribution in [3.05, 3.63) is 143 Å². The summed E-state index contributed by atoms with van der Waals surface area (Å²) in [7, 11) is 0. The van der Waals surface area contributed by atoms with Crippen LogP contribution < -0.4 is 0 Å². The standard InChI is InChI=1S/C30H30O2/c1-3-23-13-11-19-27(21-23)29(31,25-15-7-5-8-16-25)30(32,26-17-9-6-10-18-26)28-20-12-14-24(4-2)22-28/h5-22,31-32H,3-4H2,1-2H3. The van der Waals surface area contributed by atoms with Gasteiger partial charge in [-0.25, -0.2) is 0 Å². The van der Waals surface area contributed by atoms with E-state index in [0.717, 1.165) is 24.0 Å². The van der Waals surface area contributed by atoms with Crippen molar-refractivity contribution in [2.75, 3.05) is 0 Å². The van der Waals surface area contributed by atoms with Gasteiger partial charge in [0, 0.05) is 0 Å². The van der Waals surface area contributed by atoms with Crippen molar-refractivity contribution < 1.29 is 10.2 Å². The average Bonchev–Trinajstić information content (AvgIpc) is 2.88. The van der Waals surface area contributed by atoms with E-state index in [4.69, 9.17) is 0 Å². The maximum atomic E-state index is 12.7. The molecule has 0 bridgehead atoms. The van der Waals surface area contributed by atoms with Crippen molar-refractivity contribution in [1.29, 1.82) is 0 Å². The molecule has 2 N–H and O–H groups in total. The molecule has 0 radical (unpaired) electrons. The van der Waals surface area contributed by atoms with Crippen LogP contribution in [-0.4, -0.2) is 10.2 Å². The Morgan fingerprint density at radius 1 is 0.469 bits per heavy atom. The van der Waals surface area contributed by atoms with Gasteiger partial charge in [0.25, 0.3) is 0 Å². The van der Waals surface area contributed by atoms with E-state index in [-0.39, 0.29) is 0 Å². The third-order valence-electron chi connectivity index (χ3n) is 6.41. The first-order chi connectivity index (χ1) is 15.5. The molecule has 0 saturated carbocycles. The highest BCUT2D eigenvalue weighted by molar-refractivity contribution is 5.51. The first-order valence-corrected chi connectivity index (χ1v) is 11.3. The largest absolute Gasteiger partial charge is 0.377 e. The van der Waals surface area contributed by atoms with E-state index in [2.05, 4.69) is 13.8 Å². The summed E-state index contributed by atoms with van der Waals surface area (Å²) in [5.74, 6) is 0. The van der Waals surface area contributed by atoms with Crippen LogP contribution >= 0.6 is 0 Å². The molecule has 4 aromatic carbocycles. The third-order valence-corrected chi connectivity index (χ3v) is 6.41. The molecule has 4 rings (SSSR count). The lowest BCUT2D eigenvalue weighted by Crippen LogP contribution is -2.51. The van der Waals surface area contributed by atoms with Crippen LogP contribution in [0.2, 0.25) is 0 Å². The van der Waals surface area contributed by atoms with Crippen molar-refractivity contribution in [1.82, 2.24) is 0 Å². The van der Waals surface area contributed by atoms with Gasteiger partial charge in [-0.05, 0) is 46.2 Å². The Bertz CT molecular complexity index is 1070. The average molecular weight is 423 g/mol. The van der Waals surface area contributed by atoms with Gasteiger partial charge in [0.05, 0.1) is 0 Å². The molecule has 0 spiro atoms. The van der Waals surface area contributed by atoms with Crippen LogP contribution in [0, 0.1) is 0 Å². The number of hydrogen-bond acceptors (Lipinski definition) is 2. The molecule has 2 nitrogen and oxygen atoms in total. The van der Waals surface area contributed by atoms with E-state index in [0.29, 0.717) is 22.3 Å². The van der Waals surface area contributed by atoms with Crippen molar-refractivity contribution in [3.8, 4) is 0 Å². The molecule has 2 heteroatoms. The van der Waals surface area contributed by atoms with Gasteiger partial charge in [-0.1, -0.05) is 123 Å². The molecule has 2 atom stereocenters. The minimum atomic E-state index is -1.72. The van der Waals surface area contributed by atoms with E-state index in [1.165, 1.54) is 0 Å². The highest BCUT2D eigenvalue weighted by Gasteiger charge is 2.54. The summed E-state index contributed by atoms with van der Waals surface area (Å²) >= 11 is 0. The Balaban J connectivity index is 2.10. The predicted octanol–water partition coefficient (Wildman–Crippen LogP) is 5.98. The Morgan fingerprint density at radius 3 is 1.16 bits per heavy atom. The second-order valence-corrected chi connectivity index (χ2v) is 8.26. The normalized spacial score (nSPS) is 15.0. The van der Waals surface area contributed by atoms with Crippen LogP contribution in [0.25, 0.3) is 0 Å². The number of aliphatic hydroxyl groups is 2. The van der Waals surface area contributed by atoms with Crippen LogP contribution in [0.3, 0.4) is 0 Å². The molecule has 32 heavy (non-hydrogen) atoms. The van der Waals surface area contributed by atoms with Crippen molar-refractivity contribution >= 4 is 0 Å². The van der Waals surface area contributed by atoms with Crippen molar-refractivity contribution in [3.63, 3.8) is 0 Å². The zero-order valence-electron chi connectivity index (χ0n) is 18.7. The molecule has 0 aromatic heterocycles. The van der Waals surface area contributed by atoms with E-state index >= 15 is 0 Å². The summed E-state index contributed by atoms with van der Waals surface area (Å²) in [6.45, 7) is 4.18. The quantitative estimate of drug-likeness (QED) is 0.384. The minimum Gasteiger partial charge on any atom is -0.377 e. The first-order valence-electron chi connectivity index (χ1n) is 11.3. The molecule has 4 aromatic rings. The van der Waals surface area contributed by atoms with Crippen LogP contribution in [-0.2, 0) is 24.0 Å². The summed E-state index contributed by atoms with van der Waals surface area (Å²) in [4.78, 5) is 0. The van der Waals surface area contributed by atoms with E-state index in [9.17, 15) is 10.2 Å². The maximum Gasteiger partial charge on any atom is 0.152 e. The third kappa shape index (κ3) is 3.66. The van der Waals surface area contributed by atoms with E-state index in [1.54, 1.807) is 0 Å². The fourth-order valence-electron chi connectivity index (χ4n) is 4.56. The number of benzene rings is 4. The molecule has 0 heterocycles. The second-order valence-electron chi connectivity index (χ2n) is 8.26. The Kier molecular flexibility index (Phi) is 6.27. The molecule has 0 fully saturated rings. The van der Waals surface area contributed by atoms with Gasteiger partial charge < -0.3 is 10.2 Å². The van der Waals surface area contributed by atoms with Crippen molar-refractivity contribution in [2.45, 2.75) is 37.9 Å². The van der Waals surface area contributed by atoms with E-state index < -0.39 is 11.2 Å². The van der Waals surface area contributed by atoms with Gasteiger partial charge in [0.2, 0.25) is 0 Å². The molecule has 0 aliphatic carbocycles. The van der Waals surface area contributed by atoms with Crippen LogP contribution in [0.5, 0.6) is 0 Å². The number of aryl methyl sites for hydroxylation is 2. The van der Waals surface area contributed by atoms with Crippen LogP contribution in [0.1, 0.15) is 47.2 Å². The highest BCUT2D eigenvalue weighted by atomic mass is 16.4. The monoisotopic (exact) mass is 422 g/mol. The van der Waals surface area contributed by atoms with Crippen molar-refractivity contribution in [2.24, 2.45) is 0 Å². The number of hydrogen-bond donors (Lipinski definition) is 2. The minimum absolute atomic E-state index is 0.640. The predicted molar refractivity (Wildman–Crippen MR) is 131 cm³/mol. The van der Waals surface area contributed by atoms with Gasteiger partial charge >= 0.3 is 0 Å². The SMILES string of the molecule is CCc1cccc(C(O)(c2ccccc2)C(O)(c2ccccc2)c2cccc(CC)c2)c1. The van der Waals surface area contributed by atoms with E-state index in [1.807, 2.05) is 109 Å². The van der Waals surface area contributed by atoms with Gasteiger partial charge in [-0.3, -0.25) is 0 Å². The first kappa shape index (κ1) is 22.0. The molecular formula is C30H30O2.